The summed E-state index contributed by atoms with van der Waals surface area (Å²) < 4.78 is 0. The second-order valence-corrected chi connectivity index (χ2v) is 4.73. The number of fused-ring (bicyclic) bond motifs is 1. The Bertz CT molecular complexity index is 497. The number of benzene rings is 1. The van der Waals surface area contributed by atoms with E-state index in [0.717, 1.165) is 24.9 Å². The van der Waals surface area contributed by atoms with E-state index in [1.54, 1.807) is 0 Å². The third kappa shape index (κ3) is 1.72. The smallest absolute Gasteiger partial charge is 0.0823 e. The summed E-state index contributed by atoms with van der Waals surface area (Å²) in [5.74, 6) is 0. The molecule has 3 nitrogen and oxygen atoms in total. The molecule has 84 valence electrons. The van der Waals surface area contributed by atoms with Crippen LogP contribution in [0.4, 0.5) is 0 Å². The molecule has 0 spiro atoms. The zero-order chi connectivity index (χ0) is 11.0. The first kappa shape index (κ1) is 9.87. The number of rotatable bonds is 2. The molecule has 1 aromatic heterocycles. The van der Waals surface area contributed by atoms with E-state index in [9.17, 15) is 5.11 Å². The van der Waals surface area contributed by atoms with Crippen molar-refractivity contribution in [3.63, 3.8) is 0 Å². The van der Waals surface area contributed by atoms with Crippen LogP contribution in [0.3, 0.4) is 0 Å². The molecule has 3 heteroatoms. The van der Waals surface area contributed by atoms with Crippen molar-refractivity contribution in [3.8, 4) is 0 Å². The van der Waals surface area contributed by atoms with E-state index in [-0.39, 0.29) is 0 Å². The van der Waals surface area contributed by atoms with Crippen molar-refractivity contribution in [2.24, 2.45) is 0 Å². The molecule has 0 aliphatic carbocycles. The summed E-state index contributed by atoms with van der Waals surface area (Å²) >= 11 is 0. The number of nitrogens with one attached hydrogen (secondary N) is 2. The first-order chi connectivity index (χ1) is 7.75. The Labute approximate surface area is 94.5 Å². The Morgan fingerprint density at radius 2 is 2.25 bits per heavy atom. The fourth-order valence-electron chi connectivity index (χ4n) is 2.47. The minimum Gasteiger partial charge on any atom is -0.388 e. The number of hydrogen-bond acceptors (Lipinski definition) is 2. The Balaban J connectivity index is 1.88. The third-order valence-electron chi connectivity index (χ3n) is 3.37. The maximum Gasteiger partial charge on any atom is 0.0823 e. The summed E-state index contributed by atoms with van der Waals surface area (Å²) in [6.45, 7) is 1.62. The van der Waals surface area contributed by atoms with Crippen molar-refractivity contribution in [2.75, 3.05) is 13.1 Å². The highest BCUT2D eigenvalue weighted by Crippen LogP contribution is 2.22. The average Bonchev–Trinajstić information content (AvgIpc) is 2.86. The topological polar surface area (TPSA) is 48.0 Å². The molecular weight excluding hydrogens is 200 g/mol. The molecule has 1 aliphatic heterocycles. The Morgan fingerprint density at radius 3 is 3.06 bits per heavy atom. The molecule has 1 fully saturated rings. The highest BCUT2D eigenvalue weighted by molar-refractivity contribution is 5.79. The zero-order valence-electron chi connectivity index (χ0n) is 9.16. The molecule has 3 rings (SSSR count). The summed E-state index contributed by atoms with van der Waals surface area (Å²) in [4.78, 5) is 3.20. The predicted molar refractivity (Wildman–Crippen MR) is 64.4 cm³/mol. The lowest BCUT2D eigenvalue weighted by molar-refractivity contribution is 0.0619. The van der Waals surface area contributed by atoms with Gasteiger partial charge in [-0.05, 0) is 36.0 Å². The van der Waals surface area contributed by atoms with Crippen LogP contribution in [0.15, 0.2) is 30.5 Å². The van der Waals surface area contributed by atoms with Gasteiger partial charge in [0.1, 0.15) is 0 Å². The molecule has 0 bridgehead atoms. The third-order valence-corrected chi connectivity index (χ3v) is 3.37. The van der Waals surface area contributed by atoms with Gasteiger partial charge in [-0.15, -0.1) is 0 Å². The largest absolute Gasteiger partial charge is 0.388 e. The van der Waals surface area contributed by atoms with Gasteiger partial charge in [-0.2, -0.15) is 0 Å². The molecule has 0 radical (unpaired) electrons. The van der Waals surface area contributed by atoms with Crippen LogP contribution in [-0.4, -0.2) is 28.8 Å². The first-order valence-corrected chi connectivity index (χ1v) is 5.74. The van der Waals surface area contributed by atoms with Gasteiger partial charge < -0.3 is 15.4 Å². The van der Waals surface area contributed by atoms with Crippen molar-refractivity contribution >= 4 is 10.9 Å². The zero-order valence-corrected chi connectivity index (χ0v) is 9.16. The number of H-pyrrole nitrogens is 1. The van der Waals surface area contributed by atoms with Gasteiger partial charge in [-0.3, -0.25) is 0 Å². The number of β-amino-alcohol motifs (C(OH)–C–C–N with tert-alkyl or cyclic N) is 1. The summed E-state index contributed by atoms with van der Waals surface area (Å²) in [6.07, 6.45) is 3.52. The lowest BCUT2D eigenvalue weighted by Gasteiger charge is -2.21. The van der Waals surface area contributed by atoms with E-state index >= 15 is 0 Å². The highest BCUT2D eigenvalue weighted by Gasteiger charge is 2.30. The maximum atomic E-state index is 10.3. The Morgan fingerprint density at radius 1 is 1.31 bits per heavy atom. The summed E-state index contributed by atoms with van der Waals surface area (Å²) in [6, 6.07) is 8.40. The lowest BCUT2D eigenvalue weighted by Crippen LogP contribution is -2.33. The predicted octanol–water partition coefficient (Wildman–Crippen LogP) is 1.43. The quantitative estimate of drug-likeness (QED) is 0.711. The number of aliphatic hydroxyl groups is 1. The molecular formula is C13H16N2O. The van der Waals surface area contributed by atoms with Gasteiger partial charge in [0.2, 0.25) is 0 Å². The number of aromatic amines is 1. The minimum absolute atomic E-state index is 0.555. The molecule has 2 aromatic rings. The maximum absolute atomic E-state index is 10.3. The van der Waals surface area contributed by atoms with Gasteiger partial charge in [0, 0.05) is 24.7 Å². The van der Waals surface area contributed by atoms with E-state index in [0.29, 0.717) is 6.54 Å². The number of hydrogen-bond donors (Lipinski definition) is 3. The van der Waals surface area contributed by atoms with Crippen LogP contribution in [0.2, 0.25) is 0 Å². The normalized spacial score (nSPS) is 25.3. The first-order valence-electron chi connectivity index (χ1n) is 5.74. The molecule has 2 heterocycles. The lowest BCUT2D eigenvalue weighted by atomic mass is 9.93. The van der Waals surface area contributed by atoms with Gasteiger partial charge in [-0.25, -0.2) is 0 Å². The number of aromatic nitrogens is 1. The molecule has 1 aliphatic rings. The van der Waals surface area contributed by atoms with Gasteiger partial charge in [0.25, 0.3) is 0 Å². The van der Waals surface area contributed by atoms with Crippen LogP contribution >= 0.6 is 0 Å². The Kier molecular flexibility index (Phi) is 2.23. The van der Waals surface area contributed by atoms with Crippen LogP contribution in [0, 0.1) is 0 Å². The SMILES string of the molecule is OC1(Cc2ccc3cc[nH]c3c2)CCNC1. The highest BCUT2D eigenvalue weighted by atomic mass is 16.3. The molecule has 1 unspecified atom stereocenters. The summed E-state index contributed by atoms with van der Waals surface area (Å²) in [5, 5.41) is 14.7. The summed E-state index contributed by atoms with van der Waals surface area (Å²) in [7, 11) is 0. The van der Waals surface area contributed by atoms with Crippen molar-refractivity contribution < 1.29 is 5.11 Å². The van der Waals surface area contributed by atoms with Gasteiger partial charge in [-0.1, -0.05) is 12.1 Å². The molecule has 3 N–H and O–H groups in total. The van der Waals surface area contributed by atoms with E-state index in [2.05, 4.69) is 34.6 Å². The molecule has 0 amide bonds. The molecule has 16 heavy (non-hydrogen) atoms. The van der Waals surface area contributed by atoms with Crippen molar-refractivity contribution in [2.45, 2.75) is 18.4 Å². The minimum atomic E-state index is -0.555. The van der Waals surface area contributed by atoms with Gasteiger partial charge >= 0.3 is 0 Å². The van der Waals surface area contributed by atoms with E-state index in [4.69, 9.17) is 0 Å². The fraction of sp³-hybridized carbons (Fsp3) is 0.385. The summed E-state index contributed by atoms with van der Waals surface area (Å²) in [5.41, 5.74) is 1.79. The van der Waals surface area contributed by atoms with Gasteiger partial charge in [0.15, 0.2) is 0 Å². The van der Waals surface area contributed by atoms with E-state index < -0.39 is 5.60 Å². The van der Waals surface area contributed by atoms with Crippen molar-refractivity contribution in [1.29, 1.82) is 0 Å². The van der Waals surface area contributed by atoms with Crippen LogP contribution < -0.4 is 5.32 Å². The second-order valence-electron chi connectivity index (χ2n) is 4.73. The van der Waals surface area contributed by atoms with Gasteiger partial charge in [0.05, 0.1) is 5.60 Å². The van der Waals surface area contributed by atoms with Crippen LogP contribution in [0.25, 0.3) is 10.9 Å². The monoisotopic (exact) mass is 216 g/mol. The standard InChI is InChI=1S/C13H16N2O/c16-13(4-6-14-9-13)8-10-1-2-11-3-5-15-12(11)7-10/h1-3,5,7,14-16H,4,6,8-9H2. The van der Waals surface area contributed by atoms with E-state index in [1.165, 1.54) is 10.9 Å². The van der Waals surface area contributed by atoms with E-state index in [1.807, 2.05) is 6.20 Å². The molecule has 1 atom stereocenters. The molecule has 1 saturated heterocycles. The van der Waals surface area contributed by atoms with Crippen LogP contribution in [0.5, 0.6) is 0 Å². The molecule has 0 saturated carbocycles. The fourth-order valence-corrected chi connectivity index (χ4v) is 2.47. The van der Waals surface area contributed by atoms with Crippen molar-refractivity contribution in [1.82, 2.24) is 10.3 Å². The Hall–Kier alpha value is -1.32. The second kappa shape index (κ2) is 3.61. The van der Waals surface area contributed by atoms with Crippen LogP contribution in [0.1, 0.15) is 12.0 Å². The van der Waals surface area contributed by atoms with Crippen LogP contribution in [-0.2, 0) is 6.42 Å². The molecule has 1 aromatic carbocycles. The average molecular weight is 216 g/mol. The van der Waals surface area contributed by atoms with Crippen molar-refractivity contribution in [3.05, 3.63) is 36.0 Å².